The van der Waals surface area contributed by atoms with Gasteiger partial charge in [-0.25, -0.2) is 0 Å². The number of ketones is 1. The summed E-state index contributed by atoms with van der Waals surface area (Å²) in [4.78, 5) is 9.98. The monoisotopic (exact) mass is 244 g/mol. The van der Waals surface area contributed by atoms with E-state index in [1.165, 1.54) is 13.8 Å². The van der Waals surface area contributed by atoms with Crippen molar-refractivity contribution in [3.63, 3.8) is 0 Å². The van der Waals surface area contributed by atoms with Gasteiger partial charge < -0.3 is 5.11 Å². The molecule has 0 amide bonds. The standard InChI is InChI=1S/C5H8O2.2CH3.In/c1-4(6)3-5(2)7;;;/h3,6H,1-2H3;2*1H3;/q;;;+1/p-1/b4-3-;;;. The van der Waals surface area contributed by atoms with Crippen LogP contribution in [0.2, 0.25) is 9.36 Å². The van der Waals surface area contributed by atoms with Gasteiger partial charge in [-0.3, -0.25) is 4.79 Å². The van der Waals surface area contributed by atoms with Crippen molar-refractivity contribution in [2.24, 2.45) is 0 Å². The SMILES string of the molecule is CC(=O)/C=C(/C)[O-].[CH3][In+][CH3]. The van der Waals surface area contributed by atoms with E-state index in [1.807, 2.05) is 0 Å². The molecule has 0 rings (SSSR count). The maximum atomic E-state index is 9.98. The average Bonchev–Trinajstić information content (AvgIpc) is 1.62. The van der Waals surface area contributed by atoms with Crippen LogP contribution in [0.4, 0.5) is 0 Å². The molecule has 0 aromatic rings. The Morgan fingerprint density at radius 1 is 1.40 bits per heavy atom. The summed E-state index contributed by atoms with van der Waals surface area (Å²) in [6, 6.07) is 0. The third-order valence-electron chi connectivity index (χ3n) is 0.407. The van der Waals surface area contributed by atoms with E-state index < -0.39 is 0 Å². The van der Waals surface area contributed by atoms with E-state index in [1.54, 1.807) is 0 Å². The first kappa shape index (κ1) is 12.7. The summed E-state index contributed by atoms with van der Waals surface area (Å²) in [6.45, 7) is 2.70. The summed E-state index contributed by atoms with van der Waals surface area (Å²) in [6.07, 6.45) is 1.06. The van der Waals surface area contributed by atoms with Crippen molar-refractivity contribution >= 4 is 28.7 Å². The molecule has 0 heterocycles. The average molecular weight is 244 g/mol. The van der Waals surface area contributed by atoms with Crippen molar-refractivity contribution in [2.75, 3.05) is 0 Å². The molecule has 0 aliphatic heterocycles. The van der Waals surface area contributed by atoms with Gasteiger partial charge in [0.05, 0.1) is 0 Å². The molecule has 0 saturated carbocycles. The van der Waals surface area contributed by atoms with Crippen LogP contribution in [0.3, 0.4) is 0 Å². The number of allylic oxidation sites excluding steroid dienone is 2. The van der Waals surface area contributed by atoms with Gasteiger partial charge in [0.15, 0.2) is 5.78 Å². The molecule has 0 aromatic carbocycles. The van der Waals surface area contributed by atoms with Crippen molar-refractivity contribution in [3.05, 3.63) is 11.8 Å². The second-order valence-electron chi connectivity index (χ2n) is 1.94. The Bertz CT molecular complexity index is 115. The van der Waals surface area contributed by atoms with Crippen LogP contribution >= 0.6 is 0 Å². The molecule has 0 atom stereocenters. The molecule has 0 fully saturated rings. The normalized spacial score (nSPS) is 9.00. The van der Waals surface area contributed by atoms with Gasteiger partial charge in [0.1, 0.15) is 0 Å². The van der Waals surface area contributed by atoms with Gasteiger partial charge in [-0.05, 0) is 13.0 Å². The van der Waals surface area contributed by atoms with Gasteiger partial charge >= 0.3 is 32.3 Å². The van der Waals surface area contributed by atoms with E-state index in [0.717, 1.165) is 6.08 Å². The van der Waals surface area contributed by atoms with E-state index in [-0.39, 0.29) is 34.4 Å². The first-order valence-electron chi connectivity index (χ1n) is 3.14. The number of carbonyl (C=O) groups excluding carboxylic acids is 1. The summed E-state index contributed by atoms with van der Waals surface area (Å²) in [5.74, 6) is -0.375. The molecule has 0 spiro atoms. The van der Waals surface area contributed by atoms with Crippen LogP contribution in [-0.2, 0) is 4.79 Å². The van der Waals surface area contributed by atoms with Crippen molar-refractivity contribution in [3.8, 4) is 0 Å². The Balaban J connectivity index is 0. The van der Waals surface area contributed by atoms with Gasteiger partial charge in [-0.1, -0.05) is 6.92 Å². The predicted octanol–water partition coefficient (Wildman–Crippen LogP) is 0.626. The molecule has 10 heavy (non-hydrogen) atoms. The van der Waals surface area contributed by atoms with Gasteiger partial charge in [0, 0.05) is 0 Å². The van der Waals surface area contributed by atoms with Gasteiger partial charge in [0.25, 0.3) is 0 Å². The van der Waals surface area contributed by atoms with Crippen LogP contribution in [0.15, 0.2) is 11.8 Å². The van der Waals surface area contributed by atoms with E-state index >= 15 is 0 Å². The van der Waals surface area contributed by atoms with E-state index in [9.17, 15) is 9.90 Å². The van der Waals surface area contributed by atoms with Crippen molar-refractivity contribution in [1.82, 2.24) is 0 Å². The Hall–Kier alpha value is 0.0801. The summed E-state index contributed by atoms with van der Waals surface area (Å²) in [5, 5.41) is 9.98. The first-order chi connectivity index (χ1) is 4.54. The fourth-order valence-corrected chi connectivity index (χ4v) is 0.286. The van der Waals surface area contributed by atoms with Crippen molar-refractivity contribution in [1.29, 1.82) is 0 Å². The molecule has 0 unspecified atom stereocenters. The Morgan fingerprint density at radius 2 is 1.70 bits per heavy atom. The van der Waals surface area contributed by atoms with E-state index in [4.69, 9.17) is 0 Å². The molecule has 0 aliphatic rings. The zero-order chi connectivity index (χ0) is 8.57. The molecule has 3 heteroatoms. The summed E-state index contributed by atoms with van der Waals surface area (Å²) >= 11 is 0.110. The van der Waals surface area contributed by atoms with Crippen LogP contribution < -0.4 is 5.11 Å². The molecule has 0 aromatic heterocycles. The van der Waals surface area contributed by atoms with Crippen LogP contribution in [0.1, 0.15) is 13.8 Å². The Morgan fingerprint density at radius 3 is 1.70 bits per heavy atom. The maximum absolute atomic E-state index is 9.98. The molecular formula is C7H13InO2. The second-order valence-corrected chi connectivity index (χ2v) is 5.24. The Kier molecular flexibility index (Phi) is 11.6. The third-order valence-corrected chi connectivity index (χ3v) is 0.407. The van der Waals surface area contributed by atoms with Gasteiger partial charge in [-0.15, -0.1) is 5.76 Å². The predicted molar refractivity (Wildman–Crippen MR) is 41.9 cm³/mol. The van der Waals surface area contributed by atoms with E-state index in [2.05, 4.69) is 9.36 Å². The number of rotatable bonds is 1. The van der Waals surface area contributed by atoms with Crippen LogP contribution in [-0.4, -0.2) is 28.7 Å². The quantitative estimate of drug-likeness (QED) is 0.501. The number of hydrogen-bond donors (Lipinski definition) is 0. The molecule has 0 bridgehead atoms. The molecular weight excluding hydrogens is 231 g/mol. The minimum atomic E-state index is -0.187. The number of hydrogen-bond acceptors (Lipinski definition) is 2. The Labute approximate surface area is 73.7 Å². The van der Waals surface area contributed by atoms with Gasteiger partial charge in [-0.2, -0.15) is 0 Å². The van der Waals surface area contributed by atoms with Crippen LogP contribution in [0, 0.1) is 0 Å². The summed E-state index contributed by atoms with van der Waals surface area (Å²) in [7, 11) is 0. The molecule has 0 saturated heterocycles. The fourth-order valence-electron chi connectivity index (χ4n) is 0.286. The van der Waals surface area contributed by atoms with Crippen LogP contribution in [0.5, 0.6) is 0 Å². The van der Waals surface area contributed by atoms with E-state index in [0.29, 0.717) is 0 Å². The van der Waals surface area contributed by atoms with Gasteiger partial charge in [0.2, 0.25) is 0 Å². The molecule has 0 N–H and O–H groups in total. The van der Waals surface area contributed by atoms with Crippen molar-refractivity contribution in [2.45, 2.75) is 23.2 Å². The first-order valence-corrected chi connectivity index (χ1v) is 9.73. The zero-order valence-electron chi connectivity index (χ0n) is 6.97. The van der Waals surface area contributed by atoms with Crippen LogP contribution in [0.25, 0.3) is 0 Å². The third kappa shape index (κ3) is 24.3. The second kappa shape index (κ2) is 9.08. The summed E-state index contributed by atoms with van der Waals surface area (Å²) in [5.41, 5.74) is 0. The summed E-state index contributed by atoms with van der Waals surface area (Å²) < 4.78 is 4.63. The molecule has 56 valence electrons. The zero-order valence-corrected chi connectivity index (χ0v) is 10.3. The molecule has 0 aliphatic carbocycles. The molecule has 0 radical (unpaired) electrons. The minimum absolute atomic E-state index is 0.110. The van der Waals surface area contributed by atoms with Crippen molar-refractivity contribution < 1.29 is 9.90 Å². The fraction of sp³-hybridized carbons (Fsp3) is 0.571. The number of carbonyl (C=O) groups is 1. The molecule has 2 nitrogen and oxygen atoms in total. The topological polar surface area (TPSA) is 40.1 Å².